The molecule has 0 radical (unpaired) electrons. The van der Waals surface area contributed by atoms with E-state index in [0.29, 0.717) is 39.1 Å². The largest absolute Gasteiger partial charge is 0.378 e. The highest BCUT2D eigenvalue weighted by Crippen LogP contribution is 2.35. The van der Waals surface area contributed by atoms with E-state index >= 15 is 0 Å². The van der Waals surface area contributed by atoms with Gasteiger partial charge in [0.25, 0.3) is 5.91 Å². The zero-order valence-corrected chi connectivity index (χ0v) is 27.3. The van der Waals surface area contributed by atoms with Crippen molar-refractivity contribution in [2.24, 2.45) is 34.8 Å². The smallest absolute Gasteiger partial charge is 0.316 e. The maximum absolute atomic E-state index is 14.2. The molecule has 0 bridgehead atoms. The number of rotatable bonds is 12. The zero-order chi connectivity index (χ0) is 32.9. The van der Waals surface area contributed by atoms with Gasteiger partial charge >= 0.3 is 6.03 Å². The summed E-state index contributed by atoms with van der Waals surface area (Å²) in [6.07, 6.45) is 2.72. The van der Waals surface area contributed by atoms with Gasteiger partial charge in [0.15, 0.2) is 0 Å². The first-order chi connectivity index (χ1) is 20.5. The Labute approximate surface area is 260 Å². The molecule has 6 amide bonds. The number of primary amides is 1. The molecule has 2 saturated heterocycles. The fourth-order valence-electron chi connectivity index (χ4n) is 6.07. The van der Waals surface area contributed by atoms with Crippen molar-refractivity contribution in [3.8, 4) is 0 Å². The second-order valence-corrected chi connectivity index (χ2v) is 14.2. The average molecular weight is 621 g/mol. The molecule has 2 aliphatic heterocycles. The summed E-state index contributed by atoms with van der Waals surface area (Å²) in [5, 5.41) is 8.34. The van der Waals surface area contributed by atoms with E-state index in [-0.39, 0.29) is 36.1 Å². The van der Waals surface area contributed by atoms with Crippen molar-refractivity contribution >= 4 is 35.4 Å². The van der Waals surface area contributed by atoms with Gasteiger partial charge in [0.1, 0.15) is 18.1 Å². The number of amides is 6. The molecule has 3 rings (SSSR count). The summed E-state index contributed by atoms with van der Waals surface area (Å²) in [5.74, 6) is -3.23. The number of hydrogen-bond donors (Lipinski definition) is 4. The van der Waals surface area contributed by atoms with Crippen LogP contribution in [0.4, 0.5) is 4.79 Å². The fourth-order valence-corrected chi connectivity index (χ4v) is 6.07. The van der Waals surface area contributed by atoms with Gasteiger partial charge in [-0.2, -0.15) is 0 Å². The van der Waals surface area contributed by atoms with E-state index in [1.54, 1.807) is 4.90 Å². The predicted octanol–water partition coefficient (Wildman–Crippen LogP) is 0.796. The summed E-state index contributed by atoms with van der Waals surface area (Å²) in [6, 6.07) is -4.42. The number of nitrogens with two attached hydrogens (primary N) is 1. The standard InChI is InChI=1S/C31H52N6O7/c1-17(2)20-10-11-37(23(20)27(40)33-21(16-19-8-9-19)24(38)26(32)39)29(42)25(31(5,6)7)35-30(43)34-22(18(3)4)28(41)36-12-14-44-15-13-36/h17-23,25H,8-16H2,1-7H3,(H2,32,39)(H,33,40)(H2,34,35,43)/t20-,21?,22+,23+,25-/m1/s1. The number of hydrogen-bond acceptors (Lipinski definition) is 7. The third kappa shape index (κ3) is 8.92. The summed E-state index contributed by atoms with van der Waals surface area (Å²) in [6.45, 7) is 15.1. The molecule has 3 aliphatic rings. The number of carbonyl (C=O) groups is 6. The lowest BCUT2D eigenvalue weighted by molar-refractivity contribution is -0.144. The molecule has 0 aromatic heterocycles. The second-order valence-electron chi connectivity index (χ2n) is 14.2. The molecular formula is C31H52N6O7. The number of nitrogens with zero attached hydrogens (tertiary/aromatic N) is 2. The van der Waals surface area contributed by atoms with E-state index in [1.807, 2.05) is 48.5 Å². The molecule has 0 spiro atoms. The number of carbonyl (C=O) groups excluding carboxylic acids is 6. The molecular weight excluding hydrogens is 568 g/mol. The minimum Gasteiger partial charge on any atom is -0.378 e. The Hall–Kier alpha value is -3.22. The highest BCUT2D eigenvalue weighted by Gasteiger charge is 2.48. The van der Waals surface area contributed by atoms with E-state index < -0.39 is 59.1 Å². The van der Waals surface area contributed by atoms with Gasteiger partial charge in [-0.3, -0.25) is 24.0 Å². The van der Waals surface area contributed by atoms with Crippen LogP contribution in [-0.2, 0) is 28.7 Å². The molecule has 1 aliphatic carbocycles. The van der Waals surface area contributed by atoms with Crippen LogP contribution in [0, 0.1) is 29.1 Å². The van der Waals surface area contributed by atoms with Crippen molar-refractivity contribution < 1.29 is 33.5 Å². The molecule has 5 atom stereocenters. The molecule has 2 heterocycles. The number of ether oxygens (including phenoxy) is 1. The van der Waals surface area contributed by atoms with Crippen LogP contribution in [0.3, 0.4) is 0 Å². The van der Waals surface area contributed by atoms with E-state index in [2.05, 4.69) is 16.0 Å². The van der Waals surface area contributed by atoms with E-state index in [9.17, 15) is 28.8 Å². The van der Waals surface area contributed by atoms with Gasteiger partial charge in [-0.25, -0.2) is 4.79 Å². The molecule has 44 heavy (non-hydrogen) atoms. The maximum atomic E-state index is 14.2. The average Bonchev–Trinajstić information content (AvgIpc) is 3.65. The first-order valence-corrected chi connectivity index (χ1v) is 15.9. The van der Waals surface area contributed by atoms with Crippen molar-refractivity contribution in [1.82, 2.24) is 25.8 Å². The normalized spacial score (nSPS) is 22.8. The summed E-state index contributed by atoms with van der Waals surface area (Å²) >= 11 is 0. The van der Waals surface area contributed by atoms with Crippen LogP contribution in [0.1, 0.15) is 74.1 Å². The third-order valence-corrected chi connectivity index (χ3v) is 8.92. The summed E-state index contributed by atoms with van der Waals surface area (Å²) in [7, 11) is 0. The number of morpholine rings is 1. The molecule has 3 fully saturated rings. The molecule has 0 aromatic carbocycles. The minimum absolute atomic E-state index is 0.0413. The van der Waals surface area contributed by atoms with Crippen LogP contribution in [0.2, 0.25) is 0 Å². The fraction of sp³-hybridized carbons (Fsp3) is 0.806. The molecule has 1 saturated carbocycles. The van der Waals surface area contributed by atoms with Crippen molar-refractivity contribution in [3.05, 3.63) is 0 Å². The van der Waals surface area contributed by atoms with Crippen LogP contribution in [0.15, 0.2) is 0 Å². The monoisotopic (exact) mass is 620 g/mol. The first-order valence-electron chi connectivity index (χ1n) is 15.9. The van der Waals surface area contributed by atoms with Gasteiger partial charge in [0.2, 0.25) is 23.5 Å². The summed E-state index contributed by atoms with van der Waals surface area (Å²) in [5.41, 5.74) is 4.53. The Morgan fingerprint density at radius 2 is 1.48 bits per heavy atom. The van der Waals surface area contributed by atoms with Crippen LogP contribution in [0.5, 0.6) is 0 Å². The van der Waals surface area contributed by atoms with Crippen molar-refractivity contribution in [2.45, 2.75) is 98.3 Å². The van der Waals surface area contributed by atoms with Gasteiger partial charge in [0.05, 0.1) is 19.3 Å². The molecule has 248 valence electrons. The highest BCUT2D eigenvalue weighted by atomic mass is 16.5. The van der Waals surface area contributed by atoms with Crippen LogP contribution >= 0.6 is 0 Å². The van der Waals surface area contributed by atoms with Gasteiger partial charge in [-0.15, -0.1) is 0 Å². The lowest BCUT2D eigenvalue weighted by Gasteiger charge is -2.37. The van der Waals surface area contributed by atoms with Gasteiger partial charge in [-0.05, 0) is 41.9 Å². The molecule has 13 heteroatoms. The number of urea groups is 1. The van der Waals surface area contributed by atoms with Crippen molar-refractivity contribution in [3.63, 3.8) is 0 Å². The predicted molar refractivity (Wildman–Crippen MR) is 163 cm³/mol. The molecule has 5 N–H and O–H groups in total. The maximum Gasteiger partial charge on any atom is 0.316 e. The number of ketones is 1. The molecule has 1 unspecified atom stereocenters. The SMILES string of the molecule is CC(C)[C@H](NC(=O)N[C@H](C(=O)N1CC[C@H](C(C)C)[C@H]1C(=O)NC(CC1CC1)C(=O)C(N)=O)C(C)(C)C)C(=O)N1CCOCC1. The first kappa shape index (κ1) is 35.3. The lowest BCUT2D eigenvalue weighted by atomic mass is 9.84. The van der Waals surface area contributed by atoms with Gasteiger partial charge < -0.3 is 36.2 Å². The van der Waals surface area contributed by atoms with Gasteiger partial charge in [-0.1, -0.05) is 61.3 Å². The number of Topliss-reactive ketones (excluding diaryl/α,β-unsaturated/α-hetero) is 1. The Balaban J connectivity index is 1.80. The Bertz CT molecular complexity index is 1090. The van der Waals surface area contributed by atoms with Crippen molar-refractivity contribution in [2.75, 3.05) is 32.8 Å². The van der Waals surface area contributed by atoms with E-state index in [4.69, 9.17) is 10.5 Å². The topological polar surface area (TPSA) is 180 Å². The van der Waals surface area contributed by atoms with Gasteiger partial charge in [0, 0.05) is 19.6 Å². The quantitative estimate of drug-likeness (QED) is 0.233. The third-order valence-electron chi connectivity index (χ3n) is 8.92. The van der Waals surface area contributed by atoms with Crippen LogP contribution in [-0.4, -0.2) is 102 Å². The number of likely N-dealkylation sites (tertiary alicyclic amines) is 1. The Morgan fingerprint density at radius 1 is 0.864 bits per heavy atom. The minimum atomic E-state index is -1.11. The van der Waals surface area contributed by atoms with E-state index in [1.165, 1.54) is 4.90 Å². The summed E-state index contributed by atoms with van der Waals surface area (Å²) in [4.78, 5) is 82.0. The van der Waals surface area contributed by atoms with Crippen LogP contribution in [0.25, 0.3) is 0 Å². The Morgan fingerprint density at radius 3 is 1.98 bits per heavy atom. The summed E-state index contributed by atoms with van der Waals surface area (Å²) < 4.78 is 5.35. The Kier molecular flexibility index (Phi) is 11.8. The zero-order valence-electron chi connectivity index (χ0n) is 27.3. The van der Waals surface area contributed by atoms with E-state index in [0.717, 1.165) is 12.8 Å². The number of nitrogens with one attached hydrogen (secondary N) is 3. The molecule has 13 nitrogen and oxygen atoms in total. The van der Waals surface area contributed by atoms with Crippen LogP contribution < -0.4 is 21.7 Å². The second kappa shape index (κ2) is 14.7. The molecule has 0 aromatic rings. The highest BCUT2D eigenvalue weighted by molar-refractivity contribution is 6.37. The lowest BCUT2D eigenvalue weighted by Crippen LogP contribution is -2.62. The van der Waals surface area contributed by atoms with Crippen molar-refractivity contribution in [1.29, 1.82) is 0 Å².